The second-order valence-corrected chi connectivity index (χ2v) is 6.93. The van der Waals surface area contributed by atoms with E-state index in [-0.39, 0.29) is 5.91 Å². The van der Waals surface area contributed by atoms with E-state index in [2.05, 4.69) is 20.3 Å². The van der Waals surface area contributed by atoms with E-state index in [1.807, 2.05) is 50.7 Å². The lowest BCUT2D eigenvalue weighted by Crippen LogP contribution is -2.21. The van der Waals surface area contributed by atoms with Gasteiger partial charge in [-0.15, -0.1) is 11.3 Å². The van der Waals surface area contributed by atoms with Crippen LogP contribution in [0.25, 0.3) is 10.6 Å². The van der Waals surface area contributed by atoms with Gasteiger partial charge in [-0.3, -0.25) is 4.79 Å². The van der Waals surface area contributed by atoms with Gasteiger partial charge >= 0.3 is 0 Å². The highest BCUT2D eigenvalue weighted by Crippen LogP contribution is 2.24. The lowest BCUT2D eigenvalue weighted by Gasteiger charge is -2.12. The molecular weight excluding hydrogens is 334 g/mol. The molecule has 0 aliphatic heterocycles. The quantitative estimate of drug-likeness (QED) is 0.738. The van der Waals surface area contributed by atoms with Gasteiger partial charge in [0.2, 0.25) is 0 Å². The first-order valence-corrected chi connectivity index (χ1v) is 8.91. The van der Waals surface area contributed by atoms with Crippen LogP contribution in [0.3, 0.4) is 0 Å². The summed E-state index contributed by atoms with van der Waals surface area (Å²) < 4.78 is 1.80. The average Bonchev–Trinajstić information content (AvgIpc) is 3.22. The molecule has 0 saturated heterocycles. The first-order valence-electron chi connectivity index (χ1n) is 8.03. The van der Waals surface area contributed by atoms with E-state index >= 15 is 0 Å². The molecule has 0 bridgehead atoms. The van der Waals surface area contributed by atoms with Crippen LogP contribution >= 0.6 is 11.3 Å². The highest BCUT2D eigenvalue weighted by atomic mass is 32.1. The number of aromatic nitrogens is 3. The summed E-state index contributed by atoms with van der Waals surface area (Å²) in [5.74, 6) is 0.545. The van der Waals surface area contributed by atoms with Crippen molar-refractivity contribution in [2.45, 2.75) is 13.5 Å². The maximum absolute atomic E-state index is 12.6. The second kappa shape index (κ2) is 7.58. The van der Waals surface area contributed by atoms with Crippen LogP contribution < -0.4 is 5.32 Å². The molecule has 2 heterocycles. The molecule has 0 unspecified atom stereocenters. The van der Waals surface area contributed by atoms with Gasteiger partial charge in [0.15, 0.2) is 0 Å². The fourth-order valence-corrected chi connectivity index (χ4v) is 3.17. The highest BCUT2D eigenvalue weighted by molar-refractivity contribution is 7.13. The summed E-state index contributed by atoms with van der Waals surface area (Å²) in [6, 6.07) is 9.33. The van der Waals surface area contributed by atoms with Gasteiger partial charge < -0.3 is 10.2 Å². The molecule has 0 aliphatic rings. The number of rotatable bonds is 6. The fourth-order valence-electron chi connectivity index (χ4n) is 2.38. The number of carbonyl (C=O) groups excluding carboxylic acids is 1. The number of anilines is 1. The SMILES string of the molecule is Cc1csc(-c2cccc(C(=O)Nc3ccnn3CCN(C)C)c2)n1. The van der Waals surface area contributed by atoms with Crippen molar-refractivity contribution < 1.29 is 4.79 Å². The van der Waals surface area contributed by atoms with E-state index in [0.29, 0.717) is 17.9 Å². The third kappa shape index (κ3) is 4.32. The number of hydrogen-bond acceptors (Lipinski definition) is 5. The summed E-state index contributed by atoms with van der Waals surface area (Å²) in [5, 5.41) is 10.1. The van der Waals surface area contributed by atoms with E-state index < -0.39 is 0 Å². The molecule has 0 fully saturated rings. The number of aryl methyl sites for hydroxylation is 1. The smallest absolute Gasteiger partial charge is 0.256 e. The minimum atomic E-state index is -0.151. The van der Waals surface area contributed by atoms with Gasteiger partial charge in [0.05, 0.1) is 12.7 Å². The van der Waals surface area contributed by atoms with Crippen LogP contribution in [0.15, 0.2) is 41.9 Å². The number of benzene rings is 1. The van der Waals surface area contributed by atoms with Crippen molar-refractivity contribution in [2.75, 3.05) is 26.0 Å². The van der Waals surface area contributed by atoms with Crippen molar-refractivity contribution >= 4 is 23.1 Å². The Morgan fingerprint density at radius 1 is 1.32 bits per heavy atom. The maximum atomic E-state index is 12.6. The first-order chi connectivity index (χ1) is 12.0. The Balaban J connectivity index is 1.75. The fraction of sp³-hybridized carbons (Fsp3) is 0.278. The summed E-state index contributed by atoms with van der Waals surface area (Å²) in [5.41, 5.74) is 2.54. The van der Waals surface area contributed by atoms with Crippen LogP contribution in [0, 0.1) is 6.92 Å². The molecule has 2 aromatic heterocycles. The van der Waals surface area contributed by atoms with E-state index in [1.165, 1.54) is 0 Å². The lowest BCUT2D eigenvalue weighted by molar-refractivity contribution is 0.102. The Hall–Kier alpha value is -2.51. The van der Waals surface area contributed by atoms with Crippen LogP contribution in [0.1, 0.15) is 16.1 Å². The van der Waals surface area contributed by atoms with E-state index in [1.54, 1.807) is 28.3 Å². The summed E-state index contributed by atoms with van der Waals surface area (Å²) in [7, 11) is 4.02. The summed E-state index contributed by atoms with van der Waals surface area (Å²) >= 11 is 1.58. The molecule has 6 nitrogen and oxygen atoms in total. The third-order valence-corrected chi connectivity index (χ3v) is 4.72. The normalized spacial score (nSPS) is 11.0. The molecule has 0 radical (unpaired) electrons. The average molecular weight is 355 g/mol. The number of nitrogens with zero attached hydrogens (tertiary/aromatic N) is 4. The molecule has 130 valence electrons. The van der Waals surface area contributed by atoms with Crippen LogP contribution in [-0.4, -0.2) is 46.2 Å². The lowest BCUT2D eigenvalue weighted by atomic mass is 10.1. The minimum Gasteiger partial charge on any atom is -0.308 e. The van der Waals surface area contributed by atoms with E-state index in [4.69, 9.17) is 0 Å². The molecule has 0 aliphatic carbocycles. The Morgan fingerprint density at radius 2 is 2.16 bits per heavy atom. The molecular formula is C18H21N5OS. The molecule has 3 rings (SSSR count). The van der Waals surface area contributed by atoms with Crippen molar-refractivity contribution in [1.82, 2.24) is 19.7 Å². The van der Waals surface area contributed by atoms with Crippen molar-refractivity contribution in [3.63, 3.8) is 0 Å². The predicted molar refractivity (Wildman–Crippen MR) is 101 cm³/mol. The van der Waals surface area contributed by atoms with Crippen LogP contribution in [0.2, 0.25) is 0 Å². The highest BCUT2D eigenvalue weighted by Gasteiger charge is 2.12. The Kier molecular flexibility index (Phi) is 5.25. The van der Waals surface area contributed by atoms with Crippen LogP contribution in [0.4, 0.5) is 5.82 Å². The largest absolute Gasteiger partial charge is 0.308 e. The molecule has 1 amide bonds. The second-order valence-electron chi connectivity index (χ2n) is 6.07. The Labute approximate surface area is 151 Å². The van der Waals surface area contributed by atoms with Gasteiger partial charge in [-0.2, -0.15) is 5.10 Å². The predicted octanol–water partition coefficient (Wildman–Crippen LogP) is 3.13. The van der Waals surface area contributed by atoms with E-state index in [0.717, 1.165) is 22.8 Å². The molecule has 0 atom stereocenters. The summed E-state index contributed by atoms with van der Waals surface area (Å²) in [6.45, 7) is 3.53. The number of thiazole rings is 1. The van der Waals surface area contributed by atoms with Gasteiger partial charge in [-0.1, -0.05) is 12.1 Å². The molecule has 0 spiro atoms. The third-order valence-electron chi connectivity index (χ3n) is 3.71. The van der Waals surface area contributed by atoms with E-state index in [9.17, 15) is 4.79 Å². The van der Waals surface area contributed by atoms with Crippen molar-refractivity contribution in [3.05, 3.63) is 53.2 Å². The monoisotopic (exact) mass is 355 g/mol. The first kappa shape index (κ1) is 17.3. The maximum Gasteiger partial charge on any atom is 0.256 e. The Morgan fingerprint density at radius 3 is 2.88 bits per heavy atom. The molecule has 3 aromatic rings. The summed E-state index contributed by atoms with van der Waals surface area (Å²) in [6.07, 6.45) is 1.69. The number of amides is 1. The van der Waals surface area contributed by atoms with Gasteiger partial charge in [0.1, 0.15) is 10.8 Å². The van der Waals surface area contributed by atoms with Crippen LogP contribution in [0.5, 0.6) is 0 Å². The topological polar surface area (TPSA) is 63.1 Å². The minimum absolute atomic E-state index is 0.151. The van der Waals surface area contributed by atoms with Gasteiger partial charge in [0.25, 0.3) is 5.91 Å². The van der Waals surface area contributed by atoms with Gasteiger partial charge in [0, 0.05) is 34.8 Å². The number of nitrogens with one attached hydrogen (secondary N) is 1. The van der Waals surface area contributed by atoms with Crippen molar-refractivity contribution in [3.8, 4) is 10.6 Å². The molecule has 1 aromatic carbocycles. The Bertz CT molecular complexity index is 868. The van der Waals surface area contributed by atoms with Crippen molar-refractivity contribution in [1.29, 1.82) is 0 Å². The summed E-state index contributed by atoms with van der Waals surface area (Å²) in [4.78, 5) is 19.2. The number of hydrogen-bond donors (Lipinski definition) is 1. The molecule has 0 saturated carbocycles. The van der Waals surface area contributed by atoms with Gasteiger partial charge in [-0.05, 0) is 33.2 Å². The van der Waals surface area contributed by atoms with Crippen molar-refractivity contribution in [2.24, 2.45) is 0 Å². The van der Waals surface area contributed by atoms with Gasteiger partial charge in [-0.25, -0.2) is 9.67 Å². The number of carbonyl (C=O) groups is 1. The standard InChI is InChI=1S/C18H21N5OS/c1-13-12-25-18(20-13)15-6-4-5-14(11-15)17(24)21-16-7-8-19-23(16)10-9-22(2)3/h4-8,11-12H,9-10H2,1-3H3,(H,21,24). The zero-order chi connectivity index (χ0) is 17.8. The zero-order valence-electron chi connectivity index (χ0n) is 14.6. The zero-order valence-corrected chi connectivity index (χ0v) is 15.4. The molecule has 7 heteroatoms. The number of likely N-dealkylation sites (N-methyl/N-ethyl adjacent to an activating group) is 1. The molecule has 1 N–H and O–H groups in total. The molecule has 25 heavy (non-hydrogen) atoms. The van der Waals surface area contributed by atoms with Crippen LogP contribution in [-0.2, 0) is 6.54 Å².